The number of ketones is 2. The van der Waals surface area contributed by atoms with Gasteiger partial charge < -0.3 is 9.84 Å². The number of ether oxygens (including phenoxy) is 1. The topological polar surface area (TPSA) is 144 Å². The van der Waals surface area contributed by atoms with Gasteiger partial charge in [-0.25, -0.2) is 0 Å². The van der Waals surface area contributed by atoms with Gasteiger partial charge >= 0.3 is 0 Å². The van der Waals surface area contributed by atoms with Crippen LogP contribution < -0.4 is 9.64 Å². The molecule has 3 aliphatic carbocycles. The highest BCUT2D eigenvalue weighted by molar-refractivity contribution is 6.25. The smallest absolute Gasteiger partial charge is 0.269 e. The molecule has 4 atom stereocenters. The number of anilines is 1. The van der Waals surface area contributed by atoms with Crippen LogP contribution in [0, 0.1) is 27.9 Å². The molecule has 2 aromatic carbocycles. The van der Waals surface area contributed by atoms with E-state index in [-0.39, 0.29) is 52.7 Å². The number of benzene rings is 2. The number of phenols is 1. The fourth-order valence-electron chi connectivity index (χ4n) is 6.61. The van der Waals surface area contributed by atoms with Crippen molar-refractivity contribution in [1.29, 1.82) is 0 Å². The van der Waals surface area contributed by atoms with E-state index < -0.39 is 40.4 Å². The second-order valence-electron chi connectivity index (χ2n) is 10.4. The van der Waals surface area contributed by atoms with Gasteiger partial charge in [0.1, 0.15) is 11.5 Å². The van der Waals surface area contributed by atoms with Crippen LogP contribution in [0.15, 0.2) is 76.9 Å². The molecule has 2 aromatic rings. The van der Waals surface area contributed by atoms with Crippen molar-refractivity contribution in [3.05, 3.63) is 92.6 Å². The van der Waals surface area contributed by atoms with Crippen molar-refractivity contribution >= 4 is 34.8 Å². The SMILES string of the molecule is COc1ccc(O)c([C@H]2C3=CC[C@@H]4C(=O)N(c5ccc([N+](=O)[O-])cc5)C(=O)[C@@H]4[C@@H]3CC3=C2C(=O)C=C(C)C3=O)c1. The maximum Gasteiger partial charge on any atom is 0.269 e. The summed E-state index contributed by atoms with van der Waals surface area (Å²) in [6.45, 7) is 1.57. The summed E-state index contributed by atoms with van der Waals surface area (Å²) in [6, 6.07) is 9.88. The highest BCUT2D eigenvalue weighted by Gasteiger charge is 2.56. The van der Waals surface area contributed by atoms with E-state index in [2.05, 4.69) is 0 Å². The minimum absolute atomic E-state index is 0.0887. The molecule has 2 amide bonds. The highest BCUT2D eigenvalue weighted by Crippen LogP contribution is 2.56. The lowest BCUT2D eigenvalue weighted by Gasteiger charge is -2.42. The Bertz CT molecular complexity index is 1630. The minimum Gasteiger partial charge on any atom is -0.508 e. The van der Waals surface area contributed by atoms with Gasteiger partial charge in [-0.05, 0) is 62.1 Å². The van der Waals surface area contributed by atoms with E-state index in [9.17, 15) is 34.4 Å². The molecule has 1 aliphatic heterocycles. The molecule has 0 saturated carbocycles. The molecule has 1 N–H and O–H groups in total. The van der Waals surface area contributed by atoms with Crippen molar-refractivity contribution < 1.29 is 33.9 Å². The second-order valence-corrected chi connectivity index (χ2v) is 10.4. The van der Waals surface area contributed by atoms with Gasteiger partial charge in [0.2, 0.25) is 11.8 Å². The average Bonchev–Trinajstić information content (AvgIpc) is 3.20. The zero-order chi connectivity index (χ0) is 28.5. The first kappa shape index (κ1) is 25.4. The number of carbonyl (C=O) groups is 4. The lowest BCUT2D eigenvalue weighted by atomic mass is 9.59. The van der Waals surface area contributed by atoms with Gasteiger partial charge in [-0.15, -0.1) is 0 Å². The predicted octanol–water partition coefficient (Wildman–Crippen LogP) is 3.94. The van der Waals surface area contributed by atoms with E-state index in [1.165, 1.54) is 43.5 Å². The van der Waals surface area contributed by atoms with Crippen LogP contribution in [0.2, 0.25) is 0 Å². The second kappa shape index (κ2) is 9.11. The number of Topliss-reactive ketones (excluding diaryl/α,β-unsaturated/α-hetero) is 1. The van der Waals surface area contributed by atoms with Crippen molar-refractivity contribution in [2.24, 2.45) is 17.8 Å². The van der Waals surface area contributed by atoms with E-state index >= 15 is 0 Å². The molecular formula is C30H24N2O8. The maximum atomic E-state index is 13.9. The van der Waals surface area contributed by atoms with Crippen LogP contribution in [0.3, 0.4) is 0 Å². The van der Waals surface area contributed by atoms with E-state index in [1.54, 1.807) is 19.1 Å². The molecule has 1 heterocycles. The lowest BCUT2D eigenvalue weighted by Crippen LogP contribution is -2.39. The number of amides is 2. The van der Waals surface area contributed by atoms with Gasteiger partial charge in [0, 0.05) is 40.3 Å². The standard InChI is InChI=1S/C30H24N2O8/c1-14-11-24(34)27-22(28(14)35)13-20-18(25(27)21-12-17(40-2)7-10-23(21)33)8-9-19-26(20)30(37)31(29(19)36)15-3-5-16(6-4-15)32(38)39/h3-8,10-12,19-20,25-26,33H,9,13H2,1-2H3/t19-,20+,25+,26-/m0/s1. The Hall–Kier alpha value is -4.86. The van der Waals surface area contributed by atoms with E-state index in [1.807, 2.05) is 6.08 Å². The molecule has 1 saturated heterocycles. The van der Waals surface area contributed by atoms with Crippen LogP contribution in [-0.4, -0.2) is 40.5 Å². The molecule has 10 heteroatoms. The molecule has 0 bridgehead atoms. The summed E-state index contributed by atoms with van der Waals surface area (Å²) in [5, 5.41) is 22.0. The first-order valence-electron chi connectivity index (χ1n) is 12.8. The third-order valence-corrected chi connectivity index (χ3v) is 8.43. The monoisotopic (exact) mass is 540 g/mol. The molecule has 202 valence electrons. The van der Waals surface area contributed by atoms with Crippen molar-refractivity contribution in [3.63, 3.8) is 0 Å². The molecule has 0 radical (unpaired) electrons. The summed E-state index contributed by atoms with van der Waals surface area (Å²) in [4.78, 5) is 65.8. The molecule has 0 spiro atoms. The number of allylic oxidation sites excluding steroid dienone is 6. The van der Waals surface area contributed by atoms with Crippen molar-refractivity contribution in [2.75, 3.05) is 12.0 Å². The average molecular weight is 541 g/mol. The van der Waals surface area contributed by atoms with Crippen LogP contribution in [0.5, 0.6) is 11.5 Å². The van der Waals surface area contributed by atoms with Crippen LogP contribution in [0.1, 0.15) is 31.2 Å². The number of phenolic OH excluding ortho intramolecular Hbond substituents is 1. The Morgan fingerprint density at radius 2 is 1.75 bits per heavy atom. The van der Waals surface area contributed by atoms with Crippen LogP contribution in [0.25, 0.3) is 0 Å². The Balaban J connectivity index is 1.47. The van der Waals surface area contributed by atoms with Gasteiger partial charge in [0.25, 0.3) is 5.69 Å². The molecule has 1 fully saturated rings. The molecule has 0 unspecified atom stereocenters. The van der Waals surface area contributed by atoms with Crippen molar-refractivity contribution in [2.45, 2.75) is 25.7 Å². The third kappa shape index (κ3) is 3.63. The summed E-state index contributed by atoms with van der Waals surface area (Å²) < 4.78 is 5.37. The maximum absolute atomic E-state index is 13.9. The zero-order valence-corrected chi connectivity index (χ0v) is 21.6. The summed E-state index contributed by atoms with van der Waals surface area (Å²) in [5.74, 6) is -4.02. The summed E-state index contributed by atoms with van der Waals surface area (Å²) >= 11 is 0. The molecule has 0 aromatic heterocycles. The quantitative estimate of drug-likeness (QED) is 0.202. The molecule has 6 rings (SSSR count). The third-order valence-electron chi connectivity index (χ3n) is 8.43. The summed E-state index contributed by atoms with van der Waals surface area (Å²) in [5.41, 5.74) is 1.98. The van der Waals surface area contributed by atoms with Crippen LogP contribution in [-0.2, 0) is 19.2 Å². The number of rotatable bonds is 4. The number of non-ortho nitro benzene ring substituents is 1. The van der Waals surface area contributed by atoms with Gasteiger partial charge in [-0.3, -0.25) is 34.2 Å². The predicted molar refractivity (Wildman–Crippen MR) is 142 cm³/mol. The Morgan fingerprint density at radius 1 is 1.02 bits per heavy atom. The highest BCUT2D eigenvalue weighted by atomic mass is 16.6. The molecule has 40 heavy (non-hydrogen) atoms. The van der Waals surface area contributed by atoms with E-state index in [0.29, 0.717) is 22.5 Å². The number of aromatic hydroxyl groups is 1. The fourth-order valence-corrected chi connectivity index (χ4v) is 6.61. The Kier molecular flexibility index (Phi) is 5.79. The van der Waals surface area contributed by atoms with E-state index in [4.69, 9.17) is 4.74 Å². The lowest BCUT2D eigenvalue weighted by molar-refractivity contribution is -0.384. The first-order chi connectivity index (χ1) is 19.1. The molecule has 4 aliphatic rings. The summed E-state index contributed by atoms with van der Waals surface area (Å²) in [6.07, 6.45) is 3.49. The van der Waals surface area contributed by atoms with E-state index in [0.717, 1.165) is 4.90 Å². The number of nitrogens with zero attached hydrogens (tertiary/aromatic N) is 2. The van der Waals surface area contributed by atoms with Crippen molar-refractivity contribution in [3.8, 4) is 11.5 Å². The Labute approximate surface area is 228 Å². The number of carbonyl (C=O) groups excluding carboxylic acids is 4. The van der Waals surface area contributed by atoms with Gasteiger partial charge in [0.15, 0.2) is 11.6 Å². The Morgan fingerprint density at radius 3 is 2.42 bits per heavy atom. The number of fused-ring (bicyclic) bond motifs is 3. The zero-order valence-electron chi connectivity index (χ0n) is 21.6. The fraction of sp³-hybridized carbons (Fsp3) is 0.267. The van der Waals surface area contributed by atoms with Crippen LogP contribution >= 0.6 is 0 Å². The van der Waals surface area contributed by atoms with Crippen molar-refractivity contribution in [1.82, 2.24) is 0 Å². The number of imide groups is 1. The normalized spacial score (nSPS) is 25.7. The van der Waals surface area contributed by atoms with Crippen LogP contribution in [0.4, 0.5) is 11.4 Å². The van der Waals surface area contributed by atoms with Gasteiger partial charge in [-0.2, -0.15) is 0 Å². The number of hydrogen-bond donors (Lipinski definition) is 1. The molecule has 10 nitrogen and oxygen atoms in total. The van der Waals surface area contributed by atoms with Gasteiger partial charge in [-0.1, -0.05) is 11.6 Å². The number of nitro benzene ring substituents is 1. The number of nitro groups is 1. The molecular weight excluding hydrogens is 516 g/mol. The minimum atomic E-state index is -0.805. The summed E-state index contributed by atoms with van der Waals surface area (Å²) in [7, 11) is 1.48. The number of hydrogen-bond acceptors (Lipinski definition) is 8. The largest absolute Gasteiger partial charge is 0.508 e. The van der Waals surface area contributed by atoms with Gasteiger partial charge in [0.05, 0.1) is 29.6 Å². The first-order valence-corrected chi connectivity index (χ1v) is 12.8. The number of methoxy groups -OCH3 is 1.